The number of carbonyl (C=O) groups excluding carboxylic acids is 1. The number of esters is 1. The molecule has 80 valence electrons. The van der Waals surface area contributed by atoms with Gasteiger partial charge in [0.1, 0.15) is 0 Å². The Morgan fingerprint density at radius 3 is 2.20 bits per heavy atom. The summed E-state index contributed by atoms with van der Waals surface area (Å²) in [5.41, 5.74) is 0.0305. The largest absolute Gasteiger partial charge is 0.465 e. The van der Waals surface area contributed by atoms with Crippen molar-refractivity contribution in [2.75, 3.05) is 7.11 Å². The van der Waals surface area contributed by atoms with E-state index in [2.05, 4.69) is 11.3 Å². The van der Waals surface area contributed by atoms with E-state index >= 15 is 0 Å². The van der Waals surface area contributed by atoms with E-state index in [9.17, 15) is 13.6 Å². The summed E-state index contributed by atoms with van der Waals surface area (Å²) >= 11 is 0. The molecule has 0 amide bonds. The van der Waals surface area contributed by atoms with Crippen LogP contribution in [0.4, 0.5) is 8.78 Å². The van der Waals surface area contributed by atoms with Gasteiger partial charge in [-0.3, -0.25) is 0 Å². The van der Waals surface area contributed by atoms with E-state index in [4.69, 9.17) is 0 Å². The molecule has 1 aromatic rings. The van der Waals surface area contributed by atoms with Crippen LogP contribution in [0.15, 0.2) is 18.7 Å². The first kappa shape index (κ1) is 11.4. The van der Waals surface area contributed by atoms with Gasteiger partial charge in [-0.25, -0.2) is 13.6 Å². The molecule has 4 heteroatoms. The van der Waals surface area contributed by atoms with Gasteiger partial charge in [-0.15, -0.1) is 0 Å². The van der Waals surface area contributed by atoms with Gasteiger partial charge in [0.2, 0.25) is 0 Å². The van der Waals surface area contributed by atoms with Crippen LogP contribution in [0.3, 0.4) is 0 Å². The Morgan fingerprint density at radius 1 is 1.27 bits per heavy atom. The number of allylic oxidation sites excluding steroid dienone is 1. The normalized spacial score (nSPS) is 9.87. The Labute approximate surface area is 86.2 Å². The third-order valence-electron chi connectivity index (χ3n) is 1.95. The molecular formula is C11H10F2O2. The minimum Gasteiger partial charge on any atom is -0.465 e. The maximum atomic E-state index is 13.4. The molecule has 0 fully saturated rings. The van der Waals surface area contributed by atoms with Crippen molar-refractivity contribution in [3.8, 4) is 0 Å². The third-order valence-corrected chi connectivity index (χ3v) is 1.95. The van der Waals surface area contributed by atoms with E-state index in [0.717, 1.165) is 7.11 Å². The number of benzene rings is 1. The first-order valence-corrected chi connectivity index (χ1v) is 4.21. The number of halogens is 2. The van der Waals surface area contributed by atoms with Crippen molar-refractivity contribution in [1.82, 2.24) is 0 Å². The second kappa shape index (κ2) is 4.21. The molecule has 0 saturated heterocycles. The van der Waals surface area contributed by atoms with Gasteiger partial charge in [-0.05, 0) is 18.6 Å². The number of rotatable bonds is 2. The SMILES string of the molecule is C=C(C)c1ccc(C(=O)OC)c(F)c1F. The predicted octanol–water partition coefficient (Wildman–Crippen LogP) is 2.78. The van der Waals surface area contributed by atoms with Gasteiger partial charge in [0, 0.05) is 5.56 Å². The Morgan fingerprint density at radius 2 is 1.73 bits per heavy atom. The summed E-state index contributed by atoms with van der Waals surface area (Å²) in [6.45, 7) is 5.05. The van der Waals surface area contributed by atoms with E-state index < -0.39 is 23.2 Å². The highest BCUT2D eigenvalue weighted by molar-refractivity contribution is 5.90. The first-order chi connectivity index (χ1) is 6.99. The Balaban J connectivity index is 3.33. The van der Waals surface area contributed by atoms with E-state index in [1.54, 1.807) is 6.92 Å². The molecule has 0 N–H and O–H groups in total. The van der Waals surface area contributed by atoms with Crippen LogP contribution < -0.4 is 0 Å². The molecule has 1 aromatic carbocycles. The van der Waals surface area contributed by atoms with Crippen LogP contribution in [0.1, 0.15) is 22.8 Å². The molecule has 0 aromatic heterocycles. The molecule has 0 heterocycles. The first-order valence-electron chi connectivity index (χ1n) is 4.21. The van der Waals surface area contributed by atoms with Gasteiger partial charge in [-0.2, -0.15) is 0 Å². The average molecular weight is 212 g/mol. The Hall–Kier alpha value is -1.71. The summed E-state index contributed by atoms with van der Waals surface area (Å²) in [5.74, 6) is -3.19. The van der Waals surface area contributed by atoms with Crippen LogP contribution in [0.2, 0.25) is 0 Å². The van der Waals surface area contributed by atoms with Crippen LogP contribution in [-0.2, 0) is 4.74 Å². The fourth-order valence-corrected chi connectivity index (χ4v) is 1.15. The zero-order valence-electron chi connectivity index (χ0n) is 8.43. The van der Waals surface area contributed by atoms with Gasteiger partial charge in [0.25, 0.3) is 0 Å². The lowest BCUT2D eigenvalue weighted by Crippen LogP contribution is -2.07. The number of methoxy groups -OCH3 is 1. The van der Waals surface area contributed by atoms with E-state index in [0.29, 0.717) is 5.57 Å². The summed E-state index contributed by atoms with van der Waals surface area (Å²) in [6, 6.07) is 2.47. The summed E-state index contributed by atoms with van der Waals surface area (Å²) in [5, 5.41) is 0. The summed E-state index contributed by atoms with van der Waals surface area (Å²) < 4.78 is 31.0. The molecule has 0 aliphatic carbocycles. The second-order valence-electron chi connectivity index (χ2n) is 3.06. The molecular weight excluding hydrogens is 202 g/mol. The lowest BCUT2D eigenvalue weighted by molar-refractivity contribution is 0.0594. The van der Waals surface area contributed by atoms with E-state index in [1.165, 1.54) is 12.1 Å². The van der Waals surface area contributed by atoms with Crippen LogP contribution in [0.25, 0.3) is 5.57 Å². The molecule has 0 unspecified atom stereocenters. The van der Waals surface area contributed by atoms with Gasteiger partial charge < -0.3 is 4.74 Å². The third kappa shape index (κ3) is 2.03. The Bertz CT molecular complexity index is 425. The summed E-state index contributed by atoms with van der Waals surface area (Å²) in [6.07, 6.45) is 0. The van der Waals surface area contributed by atoms with Crippen molar-refractivity contribution >= 4 is 11.5 Å². The molecule has 0 saturated carbocycles. The minimum absolute atomic E-state index is 0.0557. The van der Waals surface area contributed by atoms with Crippen molar-refractivity contribution in [1.29, 1.82) is 0 Å². The molecule has 0 aliphatic heterocycles. The molecule has 0 spiro atoms. The van der Waals surface area contributed by atoms with Crippen LogP contribution >= 0.6 is 0 Å². The van der Waals surface area contributed by atoms with Crippen LogP contribution in [-0.4, -0.2) is 13.1 Å². The van der Waals surface area contributed by atoms with Crippen molar-refractivity contribution in [2.24, 2.45) is 0 Å². The maximum Gasteiger partial charge on any atom is 0.340 e. The smallest absolute Gasteiger partial charge is 0.340 e. The molecule has 0 radical (unpaired) electrons. The number of ether oxygens (including phenoxy) is 1. The topological polar surface area (TPSA) is 26.3 Å². The molecule has 15 heavy (non-hydrogen) atoms. The van der Waals surface area contributed by atoms with Crippen LogP contribution in [0, 0.1) is 11.6 Å². The Kier molecular flexibility index (Phi) is 3.19. The lowest BCUT2D eigenvalue weighted by atomic mass is 10.1. The maximum absolute atomic E-state index is 13.4. The van der Waals surface area contributed by atoms with E-state index in [-0.39, 0.29) is 5.56 Å². The van der Waals surface area contributed by atoms with Gasteiger partial charge >= 0.3 is 5.97 Å². The zero-order valence-corrected chi connectivity index (χ0v) is 8.43. The molecule has 0 bridgehead atoms. The average Bonchev–Trinajstić information content (AvgIpc) is 2.20. The molecule has 1 rings (SSSR count). The standard InChI is InChI=1S/C11H10F2O2/c1-6(2)7-4-5-8(11(14)15-3)10(13)9(7)12/h4-5H,1H2,2-3H3. The fraction of sp³-hybridized carbons (Fsp3) is 0.182. The molecule has 2 nitrogen and oxygen atoms in total. The zero-order chi connectivity index (χ0) is 11.6. The van der Waals surface area contributed by atoms with Gasteiger partial charge in [-0.1, -0.05) is 12.6 Å². The monoisotopic (exact) mass is 212 g/mol. The lowest BCUT2D eigenvalue weighted by Gasteiger charge is -2.06. The number of carbonyl (C=O) groups is 1. The second-order valence-corrected chi connectivity index (χ2v) is 3.06. The van der Waals surface area contributed by atoms with Crippen molar-refractivity contribution in [3.05, 3.63) is 41.5 Å². The highest BCUT2D eigenvalue weighted by Gasteiger charge is 2.18. The van der Waals surface area contributed by atoms with Gasteiger partial charge in [0.15, 0.2) is 11.6 Å². The molecule has 0 atom stereocenters. The molecule has 0 aliphatic rings. The van der Waals surface area contributed by atoms with Crippen molar-refractivity contribution in [3.63, 3.8) is 0 Å². The summed E-state index contributed by atoms with van der Waals surface area (Å²) in [4.78, 5) is 11.0. The van der Waals surface area contributed by atoms with Crippen molar-refractivity contribution in [2.45, 2.75) is 6.92 Å². The number of hydrogen-bond donors (Lipinski definition) is 0. The highest BCUT2D eigenvalue weighted by Crippen LogP contribution is 2.21. The quantitative estimate of drug-likeness (QED) is 0.704. The highest BCUT2D eigenvalue weighted by atomic mass is 19.2. The summed E-state index contributed by atoms with van der Waals surface area (Å²) in [7, 11) is 1.10. The fourth-order valence-electron chi connectivity index (χ4n) is 1.15. The minimum atomic E-state index is -1.21. The van der Waals surface area contributed by atoms with Crippen LogP contribution in [0.5, 0.6) is 0 Å². The predicted molar refractivity (Wildman–Crippen MR) is 52.4 cm³/mol. The van der Waals surface area contributed by atoms with Gasteiger partial charge in [0.05, 0.1) is 12.7 Å². The van der Waals surface area contributed by atoms with Crippen molar-refractivity contribution < 1.29 is 18.3 Å². The number of hydrogen-bond acceptors (Lipinski definition) is 2. The van der Waals surface area contributed by atoms with E-state index in [1.807, 2.05) is 0 Å².